The highest BCUT2D eigenvalue weighted by molar-refractivity contribution is 7.16. The molecule has 1 aromatic heterocycles. The van der Waals surface area contributed by atoms with Crippen LogP contribution in [0.1, 0.15) is 74.6 Å². The maximum atomic E-state index is 12.5. The smallest absolute Gasteiger partial charge is 0.310 e. The van der Waals surface area contributed by atoms with Crippen molar-refractivity contribution in [2.45, 2.75) is 77.0 Å². The summed E-state index contributed by atoms with van der Waals surface area (Å²) in [6.45, 7) is 0. The maximum Gasteiger partial charge on any atom is 0.310 e. The second kappa shape index (κ2) is 7.68. The van der Waals surface area contributed by atoms with Gasteiger partial charge in [-0.3, -0.25) is 9.59 Å². The molecule has 0 aliphatic heterocycles. The van der Waals surface area contributed by atoms with Crippen LogP contribution >= 0.6 is 11.3 Å². The zero-order valence-electron chi connectivity index (χ0n) is 14.2. The van der Waals surface area contributed by atoms with Crippen molar-refractivity contribution in [3.05, 3.63) is 16.5 Å². The molecule has 4 nitrogen and oxygen atoms in total. The largest absolute Gasteiger partial charge is 0.481 e. The normalized spacial score (nSPS) is 20.5. The van der Waals surface area contributed by atoms with Gasteiger partial charge in [0.1, 0.15) is 0 Å². The molecule has 0 unspecified atom stereocenters. The topological polar surface area (TPSA) is 66.4 Å². The number of fused-ring (bicyclic) bond motifs is 1. The Bertz CT molecular complexity index is 576. The molecule has 3 rings (SSSR count). The number of hydrogen-bond acceptors (Lipinski definition) is 3. The quantitative estimate of drug-likeness (QED) is 0.823. The van der Waals surface area contributed by atoms with Crippen molar-refractivity contribution in [3.8, 4) is 0 Å². The predicted molar refractivity (Wildman–Crippen MR) is 96.6 cm³/mol. The van der Waals surface area contributed by atoms with Gasteiger partial charge in [-0.15, -0.1) is 11.3 Å². The number of amides is 1. The molecule has 2 aliphatic carbocycles. The van der Waals surface area contributed by atoms with Gasteiger partial charge in [-0.1, -0.05) is 32.1 Å². The standard InChI is InChI=1S/C19H27NO3S/c21-16(13-19(18(22)23)10-6-3-7-11-19)20-17-12-14-8-4-1-2-5-9-15(14)24-17/h12H,1-11,13H2,(H,20,21)(H,22,23). The van der Waals surface area contributed by atoms with Gasteiger partial charge in [0.05, 0.1) is 10.4 Å². The van der Waals surface area contributed by atoms with Gasteiger partial charge in [0, 0.05) is 11.3 Å². The van der Waals surface area contributed by atoms with Crippen molar-refractivity contribution >= 4 is 28.2 Å². The Hall–Kier alpha value is -1.36. The first-order valence-corrected chi connectivity index (χ1v) is 10.1. The first kappa shape index (κ1) is 17.5. The fraction of sp³-hybridized carbons (Fsp3) is 0.684. The van der Waals surface area contributed by atoms with Crippen LogP contribution in [-0.2, 0) is 22.4 Å². The van der Waals surface area contributed by atoms with E-state index in [-0.39, 0.29) is 12.3 Å². The minimum Gasteiger partial charge on any atom is -0.481 e. The third-order valence-corrected chi connectivity index (χ3v) is 6.68. The highest BCUT2D eigenvalue weighted by Crippen LogP contribution is 2.40. The summed E-state index contributed by atoms with van der Waals surface area (Å²) in [6.07, 6.45) is 11.5. The van der Waals surface area contributed by atoms with Crippen LogP contribution in [0.3, 0.4) is 0 Å². The van der Waals surface area contributed by atoms with E-state index < -0.39 is 11.4 Å². The molecule has 1 saturated carbocycles. The highest BCUT2D eigenvalue weighted by atomic mass is 32.1. The molecule has 0 aromatic carbocycles. The van der Waals surface area contributed by atoms with E-state index >= 15 is 0 Å². The number of carboxylic acid groups (broad SMARTS) is 1. The average Bonchev–Trinajstić information content (AvgIpc) is 2.89. The van der Waals surface area contributed by atoms with E-state index in [4.69, 9.17) is 0 Å². The number of anilines is 1. The van der Waals surface area contributed by atoms with E-state index in [1.165, 1.54) is 36.1 Å². The summed E-state index contributed by atoms with van der Waals surface area (Å²) in [5.41, 5.74) is 0.523. The predicted octanol–water partition coefficient (Wildman–Crippen LogP) is 4.77. The number of carboxylic acids is 1. The summed E-state index contributed by atoms with van der Waals surface area (Å²) < 4.78 is 0. The summed E-state index contributed by atoms with van der Waals surface area (Å²) in [6, 6.07) is 2.11. The number of rotatable bonds is 4. The summed E-state index contributed by atoms with van der Waals surface area (Å²) in [4.78, 5) is 25.6. The first-order valence-electron chi connectivity index (χ1n) is 9.24. The molecule has 1 aromatic rings. The molecule has 132 valence electrons. The van der Waals surface area contributed by atoms with Crippen LogP contribution in [0.5, 0.6) is 0 Å². The molecule has 0 saturated heterocycles. The Morgan fingerprint density at radius 2 is 1.71 bits per heavy atom. The lowest BCUT2D eigenvalue weighted by Crippen LogP contribution is -2.37. The Kier molecular flexibility index (Phi) is 5.59. The van der Waals surface area contributed by atoms with E-state index in [2.05, 4.69) is 11.4 Å². The SMILES string of the molecule is O=C(CC1(C(=O)O)CCCCC1)Nc1cc2c(s1)CCCCCC2. The molecular weight excluding hydrogens is 322 g/mol. The van der Waals surface area contributed by atoms with Crippen molar-refractivity contribution in [2.75, 3.05) is 5.32 Å². The molecule has 2 N–H and O–H groups in total. The van der Waals surface area contributed by atoms with E-state index in [0.717, 1.165) is 37.1 Å². The lowest BCUT2D eigenvalue weighted by atomic mass is 9.71. The van der Waals surface area contributed by atoms with Crippen LogP contribution in [0.25, 0.3) is 0 Å². The molecule has 0 bridgehead atoms. The zero-order chi connectivity index (χ0) is 17.0. The van der Waals surface area contributed by atoms with Crippen molar-refractivity contribution in [3.63, 3.8) is 0 Å². The summed E-state index contributed by atoms with van der Waals surface area (Å²) >= 11 is 1.68. The fourth-order valence-electron chi connectivity index (χ4n) is 4.09. The molecule has 0 radical (unpaired) electrons. The number of hydrogen-bond donors (Lipinski definition) is 2. The van der Waals surface area contributed by atoms with Gasteiger partial charge < -0.3 is 10.4 Å². The van der Waals surface area contributed by atoms with Crippen LogP contribution in [0.2, 0.25) is 0 Å². The summed E-state index contributed by atoms with van der Waals surface area (Å²) in [5, 5.41) is 13.5. The molecule has 1 amide bonds. The number of aryl methyl sites for hydroxylation is 2. The zero-order valence-corrected chi connectivity index (χ0v) is 15.1. The van der Waals surface area contributed by atoms with Gasteiger partial charge in [0.15, 0.2) is 0 Å². The monoisotopic (exact) mass is 349 g/mol. The Morgan fingerprint density at radius 1 is 1.04 bits per heavy atom. The average molecular weight is 349 g/mol. The van der Waals surface area contributed by atoms with E-state index in [1.807, 2.05) is 0 Å². The second-order valence-corrected chi connectivity index (χ2v) is 8.48. The van der Waals surface area contributed by atoms with Crippen LogP contribution in [0.4, 0.5) is 5.00 Å². The number of thiophene rings is 1. The molecule has 0 spiro atoms. The van der Waals surface area contributed by atoms with Crippen molar-refractivity contribution in [2.24, 2.45) is 5.41 Å². The van der Waals surface area contributed by atoms with E-state index in [0.29, 0.717) is 12.8 Å². The van der Waals surface area contributed by atoms with Gasteiger partial charge in [-0.05, 0) is 50.2 Å². The van der Waals surface area contributed by atoms with Gasteiger partial charge in [-0.25, -0.2) is 0 Å². The molecule has 24 heavy (non-hydrogen) atoms. The molecule has 1 heterocycles. The van der Waals surface area contributed by atoms with Gasteiger partial charge >= 0.3 is 5.97 Å². The first-order chi connectivity index (χ1) is 11.6. The van der Waals surface area contributed by atoms with E-state index in [1.54, 1.807) is 11.3 Å². The third-order valence-electron chi connectivity index (χ3n) is 5.52. The minimum atomic E-state index is -0.853. The van der Waals surface area contributed by atoms with Crippen molar-refractivity contribution < 1.29 is 14.7 Å². The summed E-state index contributed by atoms with van der Waals surface area (Å²) in [7, 11) is 0. The number of nitrogens with one attached hydrogen (secondary N) is 1. The maximum absolute atomic E-state index is 12.5. The van der Waals surface area contributed by atoms with Crippen molar-refractivity contribution in [1.82, 2.24) is 0 Å². The van der Waals surface area contributed by atoms with Gasteiger partial charge in [-0.2, -0.15) is 0 Å². The van der Waals surface area contributed by atoms with Crippen LogP contribution in [-0.4, -0.2) is 17.0 Å². The minimum absolute atomic E-state index is 0.102. The molecule has 5 heteroatoms. The van der Waals surface area contributed by atoms with Gasteiger partial charge in [0.2, 0.25) is 5.91 Å². The Morgan fingerprint density at radius 3 is 2.42 bits per heavy atom. The molecule has 2 aliphatic rings. The molecule has 0 atom stereocenters. The molecular formula is C19H27NO3S. The highest BCUT2D eigenvalue weighted by Gasteiger charge is 2.41. The Labute approximate surface area is 147 Å². The van der Waals surface area contributed by atoms with Gasteiger partial charge in [0.25, 0.3) is 0 Å². The molecule has 1 fully saturated rings. The van der Waals surface area contributed by atoms with Crippen LogP contribution in [0, 0.1) is 5.41 Å². The lowest BCUT2D eigenvalue weighted by molar-refractivity contribution is -0.153. The van der Waals surface area contributed by atoms with Crippen molar-refractivity contribution in [1.29, 1.82) is 0 Å². The number of carbonyl (C=O) groups is 2. The number of aliphatic carboxylic acids is 1. The van der Waals surface area contributed by atoms with E-state index in [9.17, 15) is 14.7 Å². The lowest BCUT2D eigenvalue weighted by Gasteiger charge is -2.32. The summed E-state index contributed by atoms with van der Waals surface area (Å²) in [5.74, 6) is -0.954. The second-order valence-electron chi connectivity index (χ2n) is 7.34. The fourth-order valence-corrected chi connectivity index (χ4v) is 5.26. The van der Waals surface area contributed by atoms with Crippen LogP contribution < -0.4 is 5.32 Å². The number of carbonyl (C=O) groups excluding carboxylic acids is 1. The van der Waals surface area contributed by atoms with Crippen LogP contribution in [0.15, 0.2) is 6.07 Å². The third kappa shape index (κ3) is 4.00. The Balaban J connectivity index is 1.66.